The molecule has 3 rings (SSSR count). The predicted molar refractivity (Wildman–Crippen MR) is 111 cm³/mol. The molecule has 0 amide bonds. The van der Waals surface area contributed by atoms with E-state index in [-0.39, 0.29) is 0 Å². The molecule has 3 aromatic carbocycles. The molecule has 0 aromatic heterocycles. The number of hydrogen-bond acceptors (Lipinski definition) is 1. The van der Waals surface area contributed by atoms with Crippen LogP contribution in [0, 0.1) is 0 Å². The standard InChI is InChI=1S/C23H25OP/c1-2-12-20(24)19-25(21-13-6-3-7-14-21,22-15-8-4-9-16-22)23-17-10-5-11-18-23/h3-11,13-18,25H,2,12,19H2,1H3. The molecule has 0 radical (unpaired) electrons. The van der Waals surface area contributed by atoms with Crippen molar-refractivity contribution in [3.63, 3.8) is 0 Å². The van der Waals surface area contributed by atoms with Crippen molar-refractivity contribution in [2.24, 2.45) is 0 Å². The van der Waals surface area contributed by atoms with Crippen molar-refractivity contribution in [2.45, 2.75) is 19.8 Å². The SMILES string of the molecule is CCCC(=O)C[PH](c1ccccc1)(c1ccccc1)c1ccccc1. The minimum atomic E-state index is -2.37. The van der Waals surface area contributed by atoms with Crippen LogP contribution in [0.3, 0.4) is 0 Å². The summed E-state index contributed by atoms with van der Waals surface area (Å²) in [4.78, 5) is 12.8. The number of rotatable bonds is 7. The molecule has 1 nitrogen and oxygen atoms in total. The number of carbonyl (C=O) groups is 1. The third-order valence-electron chi connectivity index (χ3n) is 4.79. The van der Waals surface area contributed by atoms with Crippen LogP contribution >= 0.6 is 7.26 Å². The van der Waals surface area contributed by atoms with E-state index in [1.54, 1.807) is 0 Å². The number of carbonyl (C=O) groups excluding carboxylic acids is 1. The Hall–Kier alpha value is -2.24. The second-order valence-corrected chi connectivity index (χ2v) is 10.4. The van der Waals surface area contributed by atoms with Gasteiger partial charge < -0.3 is 0 Å². The van der Waals surface area contributed by atoms with Crippen LogP contribution in [0.5, 0.6) is 0 Å². The third kappa shape index (κ3) is 3.72. The quantitative estimate of drug-likeness (QED) is 0.588. The van der Waals surface area contributed by atoms with Crippen LogP contribution in [-0.2, 0) is 4.79 Å². The number of ketones is 1. The zero-order valence-electron chi connectivity index (χ0n) is 14.7. The molecule has 0 aliphatic heterocycles. The summed E-state index contributed by atoms with van der Waals surface area (Å²) in [6.07, 6.45) is 2.18. The summed E-state index contributed by atoms with van der Waals surface area (Å²) >= 11 is 0. The molecule has 2 heteroatoms. The summed E-state index contributed by atoms with van der Waals surface area (Å²) in [5.74, 6) is 0.366. The zero-order valence-corrected chi connectivity index (χ0v) is 15.7. The molecule has 128 valence electrons. The van der Waals surface area contributed by atoms with Crippen LogP contribution in [0.2, 0.25) is 0 Å². The van der Waals surface area contributed by atoms with Gasteiger partial charge in [0.1, 0.15) is 0 Å². The molecule has 0 saturated carbocycles. The van der Waals surface area contributed by atoms with E-state index in [1.165, 1.54) is 15.9 Å². The van der Waals surface area contributed by atoms with Gasteiger partial charge in [-0.1, -0.05) is 0 Å². The molecule has 0 unspecified atom stereocenters. The maximum atomic E-state index is 12.8. The van der Waals surface area contributed by atoms with Crippen LogP contribution in [0.1, 0.15) is 19.8 Å². The molecular weight excluding hydrogens is 323 g/mol. The maximum absolute atomic E-state index is 12.8. The van der Waals surface area contributed by atoms with Crippen molar-refractivity contribution in [3.05, 3.63) is 91.0 Å². The van der Waals surface area contributed by atoms with E-state index in [0.29, 0.717) is 18.4 Å². The Morgan fingerprint density at radius 3 is 1.36 bits per heavy atom. The van der Waals surface area contributed by atoms with Crippen molar-refractivity contribution in [3.8, 4) is 0 Å². The fourth-order valence-corrected chi connectivity index (χ4v) is 8.30. The summed E-state index contributed by atoms with van der Waals surface area (Å²) in [5, 5.41) is 3.91. The fraction of sp³-hybridized carbons (Fsp3) is 0.174. The molecule has 0 aliphatic carbocycles. The summed E-state index contributed by atoms with van der Waals surface area (Å²) in [6.45, 7) is 2.08. The van der Waals surface area contributed by atoms with Crippen LogP contribution < -0.4 is 15.9 Å². The predicted octanol–water partition coefficient (Wildman–Crippen LogP) is 4.08. The number of Topliss-reactive ketones (excluding diaryl/α,β-unsaturated/α-hetero) is 1. The second-order valence-electron chi connectivity index (χ2n) is 6.47. The first-order valence-corrected chi connectivity index (χ1v) is 11.2. The van der Waals surface area contributed by atoms with E-state index in [4.69, 9.17) is 0 Å². The first-order chi connectivity index (χ1) is 12.3. The molecule has 0 N–H and O–H groups in total. The average Bonchev–Trinajstić information content (AvgIpc) is 2.68. The Balaban J connectivity index is 2.26. The van der Waals surface area contributed by atoms with E-state index >= 15 is 0 Å². The van der Waals surface area contributed by atoms with Gasteiger partial charge >= 0.3 is 151 Å². The molecule has 0 saturated heterocycles. The number of benzene rings is 3. The van der Waals surface area contributed by atoms with Gasteiger partial charge in [-0.25, -0.2) is 0 Å². The summed E-state index contributed by atoms with van der Waals surface area (Å²) in [7, 11) is -2.37. The Morgan fingerprint density at radius 2 is 1.04 bits per heavy atom. The Kier molecular flexibility index (Phi) is 5.79. The van der Waals surface area contributed by atoms with Gasteiger partial charge in [-0.15, -0.1) is 0 Å². The van der Waals surface area contributed by atoms with E-state index < -0.39 is 7.26 Å². The van der Waals surface area contributed by atoms with Gasteiger partial charge in [0.25, 0.3) is 0 Å². The van der Waals surface area contributed by atoms with Gasteiger partial charge in [0.15, 0.2) is 0 Å². The van der Waals surface area contributed by atoms with Crippen LogP contribution in [-0.4, -0.2) is 11.9 Å². The zero-order chi connectivity index (χ0) is 17.5. The van der Waals surface area contributed by atoms with Crippen LogP contribution in [0.15, 0.2) is 91.0 Å². The van der Waals surface area contributed by atoms with E-state index in [9.17, 15) is 4.79 Å². The Labute approximate surface area is 151 Å². The molecule has 0 spiro atoms. The van der Waals surface area contributed by atoms with Gasteiger partial charge in [-0.05, 0) is 0 Å². The second kappa shape index (κ2) is 8.23. The van der Waals surface area contributed by atoms with Gasteiger partial charge in [0.05, 0.1) is 0 Å². The molecule has 3 aromatic rings. The van der Waals surface area contributed by atoms with Crippen LogP contribution in [0.25, 0.3) is 0 Å². The molecule has 0 heterocycles. The molecule has 25 heavy (non-hydrogen) atoms. The topological polar surface area (TPSA) is 17.1 Å². The van der Waals surface area contributed by atoms with E-state index in [2.05, 4.69) is 79.7 Å². The van der Waals surface area contributed by atoms with E-state index in [1.807, 2.05) is 18.2 Å². The Morgan fingerprint density at radius 1 is 0.680 bits per heavy atom. The van der Waals surface area contributed by atoms with Crippen molar-refractivity contribution in [2.75, 3.05) is 6.16 Å². The summed E-state index contributed by atoms with van der Waals surface area (Å²) in [5.41, 5.74) is 0. The average molecular weight is 348 g/mol. The molecular formula is C23H25OP. The van der Waals surface area contributed by atoms with Crippen molar-refractivity contribution >= 4 is 29.0 Å². The first-order valence-electron chi connectivity index (χ1n) is 8.95. The molecule has 0 aliphatic rings. The third-order valence-corrected chi connectivity index (χ3v) is 9.67. The van der Waals surface area contributed by atoms with Gasteiger partial charge in [0, 0.05) is 0 Å². The van der Waals surface area contributed by atoms with Crippen molar-refractivity contribution in [1.82, 2.24) is 0 Å². The van der Waals surface area contributed by atoms with Gasteiger partial charge in [-0.3, -0.25) is 0 Å². The van der Waals surface area contributed by atoms with Crippen molar-refractivity contribution in [1.29, 1.82) is 0 Å². The van der Waals surface area contributed by atoms with Gasteiger partial charge in [0.2, 0.25) is 0 Å². The normalized spacial score (nSPS) is 11.9. The first kappa shape index (κ1) is 17.6. The monoisotopic (exact) mass is 348 g/mol. The Bertz CT molecular complexity index is 701. The van der Waals surface area contributed by atoms with E-state index in [0.717, 1.165) is 6.42 Å². The molecule has 0 bridgehead atoms. The summed E-state index contributed by atoms with van der Waals surface area (Å²) < 4.78 is 0. The molecule has 0 fully saturated rings. The minimum absolute atomic E-state index is 0.366. The number of hydrogen-bond donors (Lipinski definition) is 0. The fourth-order valence-electron chi connectivity index (χ4n) is 3.64. The summed E-state index contributed by atoms with van der Waals surface area (Å²) in [6, 6.07) is 31.9. The van der Waals surface area contributed by atoms with Gasteiger partial charge in [-0.2, -0.15) is 0 Å². The van der Waals surface area contributed by atoms with Crippen molar-refractivity contribution < 1.29 is 4.79 Å². The van der Waals surface area contributed by atoms with Crippen LogP contribution in [0.4, 0.5) is 0 Å². The molecule has 0 atom stereocenters.